The fourth-order valence-electron chi connectivity index (χ4n) is 6.81. The number of anilines is 1. The Labute approximate surface area is 288 Å². The summed E-state index contributed by atoms with van der Waals surface area (Å²) in [5.41, 5.74) is 1.69. The second-order valence-corrected chi connectivity index (χ2v) is 13.4. The number of rotatable bonds is 9. The van der Waals surface area contributed by atoms with Gasteiger partial charge in [0.05, 0.1) is 34.7 Å². The van der Waals surface area contributed by atoms with Gasteiger partial charge in [0.2, 0.25) is 5.91 Å². The normalized spacial score (nSPS) is 19.9. The average Bonchev–Trinajstić information content (AvgIpc) is 3.82. The zero-order chi connectivity index (χ0) is 33.5. The second kappa shape index (κ2) is 13.4. The summed E-state index contributed by atoms with van der Waals surface area (Å²) in [4.78, 5) is 28.6. The van der Waals surface area contributed by atoms with Crippen molar-refractivity contribution in [2.75, 3.05) is 44.7 Å². The number of nitrogens with zero attached hydrogens (tertiary/aromatic N) is 6. The van der Waals surface area contributed by atoms with E-state index in [1.54, 1.807) is 11.0 Å². The number of carbonyl (C=O) groups is 1. The molecule has 2 aliphatic heterocycles. The molecule has 9 nitrogen and oxygen atoms in total. The molecule has 3 aromatic carbocycles. The van der Waals surface area contributed by atoms with Gasteiger partial charge < -0.3 is 24.2 Å². The molecule has 3 fully saturated rings. The molecule has 0 radical (unpaired) electrons. The minimum atomic E-state index is -0.531. The molecular weight excluding hydrogens is 654 g/mol. The fourth-order valence-corrected chi connectivity index (χ4v) is 7.38. The van der Waals surface area contributed by atoms with E-state index in [1.807, 2.05) is 24.3 Å². The van der Waals surface area contributed by atoms with Gasteiger partial charge >= 0.3 is 6.01 Å². The van der Waals surface area contributed by atoms with Crippen molar-refractivity contribution in [3.8, 4) is 29.0 Å². The first kappa shape index (κ1) is 32.4. The van der Waals surface area contributed by atoms with E-state index in [0.29, 0.717) is 70.2 Å². The molecule has 12 heteroatoms. The van der Waals surface area contributed by atoms with Crippen LogP contribution in [-0.4, -0.2) is 83.7 Å². The van der Waals surface area contributed by atoms with E-state index in [4.69, 9.17) is 42.6 Å². The zero-order valence-corrected chi connectivity index (χ0v) is 28.1. The van der Waals surface area contributed by atoms with Crippen LogP contribution in [0, 0.1) is 17.1 Å². The van der Waals surface area contributed by atoms with E-state index in [2.05, 4.69) is 29.5 Å². The Morgan fingerprint density at radius 3 is 2.71 bits per heavy atom. The van der Waals surface area contributed by atoms with Crippen LogP contribution in [0.3, 0.4) is 0 Å². The highest BCUT2D eigenvalue weighted by molar-refractivity contribution is 6.39. The van der Waals surface area contributed by atoms with Crippen LogP contribution < -0.4 is 14.4 Å². The third-order valence-corrected chi connectivity index (χ3v) is 10.2. The maximum Gasteiger partial charge on any atom is 0.319 e. The highest BCUT2D eigenvalue weighted by Gasteiger charge is 2.34. The molecule has 248 valence electrons. The molecule has 7 rings (SSSR count). The summed E-state index contributed by atoms with van der Waals surface area (Å²) >= 11 is 13.8. The van der Waals surface area contributed by atoms with E-state index < -0.39 is 5.82 Å². The SMILES string of the molecule is C=CC(=O)N1CCN(c2nc(OC[C@@H]3CCCN3C)nc3c(OC4CC4)c(-c4cccc5ccc(F)c(Cl)c45)c(Cl)cc23)C[C@@H]1CC#N. The molecule has 0 unspecified atom stereocenters. The van der Waals surface area contributed by atoms with Crippen molar-refractivity contribution in [3.05, 3.63) is 64.9 Å². The van der Waals surface area contributed by atoms with Gasteiger partial charge in [-0.15, -0.1) is 0 Å². The Kier molecular flexibility index (Phi) is 9.03. The van der Waals surface area contributed by atoms with Gasteiger partial charge in [-0.2, -0.15) is 15.2 Å². The molecule has 1 saturated carbocycles. The number of aromatic nitrogens is 2. The number of carbonyl (C=O) groups excluding carboxylic acids is 1. The molecule has 48 heavy (non-hydrogen) atoms. The standard InChI is InChI=1S/C36H35Cl2FN6O3/c1-3-29(46)45-17-16-44(19-22(45)13-14-40)35-26-18-27(37)31(25-8-4-6-21-9-12-28(39)32(38)30(21)25)34(48-24-10-11-24)33(26)41-36(42-35)47-20-23-7-5-15-43(23)2/h3-4,6,8-9,12,18,22-24H,1,5,7,10-11,13,15-17,19-20H2,2H3/t22-,23-/m0/s1. The Balaban J connectivity index is 1.42. The zero-order valence-electron chi connectivity index (χ0n) is 26.6. The molecular formula is C36H35Cl2FN6O3. The molecule has 0 spiro atoms. The number of likely N-dealkylation sites (tertiary alicyclic amines) is 1. The molecule has 0 N–H and O–H groups in total. The van der Waals surface area contributed by atoms with E-state index >= 15 is 0 Å². The van der Waals surface area contributed by atoms with Crippen LogP contribution in [0.2, 0.25) is 10.0 Å². The van der Waals surface area contributed by atoms with Gasteiger partial charge in [0.25, 0.3) is 0 Å². The number of hydrogen-bond acceptors (Lipinski definition) is 8. The van der Waals surface area contributed by atoms with Gasteiger partial charge in [-0.3, -0.25) is 4.79 Å². The molecule has 0 bridgehead atoms. The lowest BCUT2D eigenvalue weighted by Gasteiger charge is -2.41. The largest absolute Gasteiger partial charge is 0.487 e. The summed E-state index contributed by atoms with van der Waals surface area (Å²) in [5.74, 6) is 0.273. The van der Waals surface area contributed by atoms with Gasteiger partial charge in [-0.1, -0.05) is 54.0 Å². The minimum Gasteiger partial charge on any atom is -0.487 e. The summed E-state index contributed by atoms with van der Waals surface area (Å²) < 4.78 is 27.8. The highest BCUT2D eigenvalue weighted by atomic mass is 35.5. The van der Waals surface area contributed by atoms with Crippen LogP contribution in [0.4, 0.5) is 10.2 Å². The van der Waals surface area contributed by atoms with Gasteiger partial charge in [0.15, 0.2) is 5.75 Å². The second-order valence-electron chi connectivity index (χ2n) is 12.7. The van der Waals surface area contributed by atoms with E-state index in [1.165, 1.54) is 12.1 Å². The van der Waals surface area contributed by atoms with E-state index in [9.17, 15) is 14.4 Å². The topological polar surface area (TPSA) is 94.8 Å². The maximum atomic E-state index is 14.9. The molecule has 1 amide bonds. The predicted octanol–water partition coefficient (Wildman–Crippen LogP) is 7.03. The smallest absolute Gasteiger partial charge is 0.319 e. The van der Waals surface area contributed by atoms with Crippen molar-refractivity contribution in [3.63, 3.8) is 0 Å². The Morgan fingerprint density at radius 1 is 1.15 bits per heavy atom. The van der Waals surface area contributed by atoms with Crippen molar-refractivity contribution in [2.45, 2.75) is 50.3 Å². The van der Waals surface area contributed by atoms with Crippen LogP contribution in [0.25, 0.3) is 32.8 Å². The quantitative estimate of drug-likeness (QED) is 0.173. The average molecular weight is 690 g/mol. The van der Waals surface area contributed by atoms with E-state index in [0.717, 1.165) is 37.6 Å². The first-order chi connectivity index (χ1) is 23.3. The van der Waals surface area contributed by atoms with Gasteiger partial charge in [-0.25, -0.2) is 4.39 Å². The number of ether oxygens (including phenoxy) is 2. The lowest BCUT2D eigenvalue weighted by molar-refractivity contribution is -0.128. The van der Waals surface area contributed by atoms with E-state index in [-0.39, 0.29) is 41.5 Å². The molecule has 3 aliphatic rings. The molecule has 3 heterocycles. The number of amides is 1. The van der Waals surface area contributed by atoms with Crippen LogP contribution in [-0.2, 0) is 4.79 Å². The molecule has 1 aliphatic carbocycles. The molecule has 2 atom stereocenters. The monoisotopic (exact) mass is 688 g/mol. The van der Waals surface area contributed by atoms with Crippen LogP contribution in [0.1, 0.15) is 32.1 Å². The summed E-state index contributed by atoms with van der Waals surface area (Å²) in [6.07, 6.45) is 5.26. The highest BCUT2D eigenvalue weighted by Crippen LogP contribution is 2.49. The van der Waals surface area contributed by atoms with Gasteiger partial charge in [0.1, 0.15) is 23.8 Å². The van der Waals surface area contributed by atoms with Crippen molar-refractivity contribution in [1.29, 1.82) is 5.26 Å². The lowest BCUT2D eigenvalue weighted by atomic mass is 9.95. The number of halogens is 3. The Bertz CT molecular complexity index is 1960. The van der Waals surface area contributed by atoms with Crippen LogP contribution >= 0.6 is 23.2 Å². The number of piperazine rings is 1. The summed E-state index contributed by atoms with van der Waals surface area (Å²) in [6, 6.07) is 12.7. The number of likely N-dealkylation sites (N-methyl/N-ethyl adjacent to an activating group) is 1. The van der Waals surface area contributed by atoms with Crippen molar-refractivity contribution < 1.29 is 18.7 Å². The summed E-state index contributed by atoms with van der Waals surface area (Å²) in [5, 5.41) is 11.9. The Morgan fingerprint density at radius 2 is 1.98 bits per heavy atom. The predicted molar refractivity (Wildman–Crippen MR) is 185 cm³/mol. The lowest BCUT2D eigenvalue weighted by Crippen LogP contribution is -2.55. The molecule has 4 aromatic rings. The number of nitriles is 1. The minimum absolute atomic E-state index is 0.000180. The van der Waals surface area contributed by atoms with Crippen molar-refractivity contribution in [1.82, 2.24) is 19.8 Å². The third kappa shape index (κ3) is 6.11. The molecule has 2 saturated heterocycles. The van der Waals surface area contributed by atoms with Crippen LogP contribution in [0.5, 0.6) is 11.8 Å². The summed E-state index contributed by atoms with van der Waals surface area (Å²) in [6.45, 7) is 6.25. The first-order valence-corrected chi connectivity index (χ1v) is 17.0. The molecule has 1 aromatic heterocycles. The van der Waals surface area contributed by atoms with Crippen LogP contribution in [0.15, 0.2) is 49.1 Å². The number of hydrogen-bond donors (Lipinski definition) is 0. The Hall–Kier alpha value is -4.17. The number of fused-ring (bicyclic) bond motifs is 2. The number of benzene rings is 3. The van der Waals surface area contributed by atoms with Crippen molar-refractivity contribution in [2.24, 2.45) is 0 Å². The fraction of sp³-hybridized carbons (Fsp3) is 0.389. The maximum absolute atomic E-state index is 14.9. The van der Waals surface area contributed by atoms with Gasteiger partial charge in [0, 0.05) is 42.0 Å². The van der Waals surface area contributed by atoms with Gasteiger partial charge in [-0.05, 0) is 68.4 Å². The summed E-state index contributed by atoms with van der Waals surface area (Å²) in [7, 11) is 2.08. The van der Waals surface area contributed by atoms with Crippen molar-refractivity contribution >= 4 is 56.6 Å². The first-order valence-electron chi connectivity index (χ1n) is 16.2. The third-order valence-electron chi connectivity index (χ3n) is 9.51.